The Kier molecular flexibility index (Phi) is 6.82. The van der Waals surface area contributed by atoms with Gasteiger partial charge in [0.25, 0.3) is 11.8 Å². The van der Waals surface area contributed by atoms with E-state index >= 15 is 0 Å². The number of hydrogen-bond donors (Lipinski definition) is 1. The zero-order chi connectivity index (χ0) is 18.4. The summed E-state index contributed by atoms with van der Waals surface area (Å²) in [5, 5.41) is 2.98. The van der Waals surface area contributed by atoms with Crippen molar-refractivity contribution in [2.24, 2.45) is 11.8 Å². The minimum atomic E-state index is -0.645. The Balaban J connectivity index is 1.72. The van der Waals surface area contributed by atoms with Crippen molar-refractivity contribution in [3.63, 3.8) is 0 Å². The van der Waals surface area contributed by atoms with E-state index in [0.717, 1.165) is 6.42 Å². The van der Waals surface area contributed by atoms with E-state index in [-0.39, 0.29) is 19.1 Å². The SMILES string of the molecule is C[C@@H]1C[C@H](C)CN(C(=O)COC(=O)CNC(=O)c2ccc(Cl)cc2)C1. The standard InChI is InChI=1S/C18H23ClN2O4/c1-12-7-13(2)10-21(9-12)16(22)11-25-17(23)8-20-18(24)14-3-5-15(19)6-4-14/h3-6,12-13H,7-11H2,1-2H3,(H,20,24)/t12-,13+. The van der Waals surface area contributed by atoms with Gasteiger partial charge in [0, 0.05) is 23.7 Å². The first-order valence-corrected chi connectivity index (χ1v) is 8.70. The van der Waals surface area contributed by atoms with Gasteiger partial charge in [-0.1, -0.05) is 25.4 Å². The molecule has 0 unspecified atom stereocenters. The maximum atomic E-state index is 12.1. The van der Waals surface area contributed by atoms with Crippen LogP contribution in [0, 0.1) is 11.8 Å². The molecule has 0 spiro atoms. The summed E-state index contributed by atoms with van der Waals surface area (Å²) in [4.78, 5) is 37.5. The lowest BCUT2D eigenvalue weighted by molar-refractivity contribution is -0.152. The van der Waals surface area contributed by atoms with Crippen LogP contribution < -0.4 is 5.32 Å². The summed E-state index contributed by atoms with van der Waals surface area (Å²) in [6, 6.07) is 6.30. The van der Waals surface area contributed by atoms with Gasteiger partial charge in [-0.3, -0.25) is 14.4 Å². The first-order valence-electron chi connectivity index (χ1n) is 8.32. The summed E-state index contributed by atoms with van der Waals surface area (Å²) in [5.41, 5.74) is 0.393. The van der Waals surface area contributed by atoms with Crippen LogP contribution in [0.3, 0.4) is 0 Å². The maximum Gasteiger partial charge on any atom is 0.325 e. The topological polar surface area (TPSA) is 75.7 Å². The Hall–Kier alpha value is -2.08. The number of ether oxygens (including phenoxy) is 1. The lowest BCUT2D eigenvalue weighted by atomic mass is 9.92. The highest BCUT2D eigenvalue weighted by molar-refractivity contribution is 6.30. The van der Waals surface area contributed by atoms with E-state index in [1.165, 1.54) is 0 Å². The molecular weight excluding hydrogens is 344 g/mol. The number of nitrogens with one attached hydrogen (secondary N) is 1. The summed E-state index contributed by atoms with van der Waals surface area (Å²) in [6.07, 6.45) is 1.10. The van der Waals surface area contributed by atoms with Gasteiger partial charge >= 0.3 is 5.97 Å². The lowest BCUT2D eigenvalue weighted by Gasteiger charge is -2.34. The van der Waals surface area contributed by atoms with Gasteiger partial charge in [-0.25, -0.2) is 0 Å². The molecule has 0 bridgehead atoms. The first kappa shape index (κ1) is 19.2. The number of rotatable bonds is 5. The Morgan fingerprint density at radius 2 is 1.76 bits per heavy atom. The van der Waals surface area contributed by atoms with E-state index < -0.39 is 11.9 Å². The second-order valence-corrected chi connectivity index (χ2v) is 7.03. The first-order chi connectivity index (χ1) is 11.8. The molecule has 6 nitrogen and oxygen atoms in total. The largest absolute Gasteiger partial charge is 0.454 e. The molecule has 1 aliphatic rings. The maximum absolute atomic E-state index is 12.1. The van der Waals surface area contributed by atoms with E-state index in [0.29, 0.717) is 35.5 Å². The van der Waals surface area contributed by atoms with Crippen LogP contribution in [0.25, 0.3) is 0 Å². The van der Waals surface area contributed by atoms with E-state index in [1.54, 1.807) is 29.2 Å². The zero-order valence-electron chi connectivity index (χ0n) is 14.5. The lowest BCUT2D eigenvalue weighted by Crippen LogP contribution is -2.44. The van der Waals surface area contributed by atoms with E-state index in [4.69, 9.17) is 16.3 Å². The van der Waals surface area contributed by atoms with Gasteiger partial charge in [0.1, 0.15) is 6.54 Å². The number of hydrogen-bond acceptors (Lipinski definition) is 4. The fourth-order valence-electron chi connectivity index (χ4n) is 3.01. The van der Waals surface area contributed by atoms with Gasteiger partial charge < -0.3 is 15.0 Å². The molecule has 1 aromatic rings. The Morgan fingerprint density at radius 1 is 1.16 bits per heavy atom. The number of carbonyl (C=O) groups is 3. The van der Waals surface area contributed by atoms with Crippen LogP contribution in [-0.2, 0) is 14.3 Å². The van der Waals surface area contributed by atoms with E-state index in [1.807, 2.05) is 0 Å². The number of nitrogens with zero attached hydrogens (tertiary/aromatic N) is 1. The van der Waals surface area contributed by atoms with Gasteiger partial charge in [0.15, 0.2) is 6.61 Å². The van der Waals surface area contributed by atoms with Crippen LogP contribution in [-0.4, -0.2) is 48.9 Å². The monoisotopic (exact) mass is 366 g/mol. The number of carbonyl (C=O) groups excluding carboxylic acids is 3. The number of benzene rings is 1. The van der Waals surface area contributed by atoms with E-state index in [2.05, 4.69) is 19.2 Å². The van der Waals surface area contributed by atoms with Gasteiger partial charge in [0.05, 0.1) is 0 Å². The molecule has 2 atom stereocenters. The second kappa shape index (κ2) is 8.85. The average molecular weight is 367 g/mol. The molecule has 0 saturated carbocycles. The van der Waals surface area contributed by atoms with Crippen molar-refractivity contribution >= 4 is 29.4 Å². The molecule has 0 aliphatic carbocycles. The van der Waals surface area contributed by atoms with Crippen molar-refractivity contribution in [2.45, 2.75) is 20.3 Å². The molecule has 2 rings (SSSR count). The highest BCUT2D eigenvalue weighted by Gasteiger charge is 2.25. The van der Waals surface area contributed by atoms with Crippen LogP contribution in [0.4, 0.5) is 0 Å². The fraction of sp³-hybridized carbons (Fsp3) is 0.500. The van der Waals surface area contributed by atoms with Gasteiger partial charge in [-0.05, 0) is 42.5 Å². The summed E-state index contributed by atoms with van der Waals surface area (Å²) in [7, 11) is 0. The van der Waals surface area contributed by atoms with Gasteiger partial charge in [0.2, 0.25) is 0 Å². The molecule has 0 aromatic heterocycles. The quantitative estimate of drug-likeness (QED) is 0.810. The smallest absolute Gasteiger partial charge is 0.325 e. The molecule has 1 heterocycles. The van der Waals surface area contributed by atoms with Crippen LogP contribution >= 0.6 is 11.6 Å². The average Bonchev–Trinajstić information content (AvgIpc) is 2.57. The summed E-state index contributed by atoms with van der Waals surface area (Å²) < 4.78 is 4.97. The highest BCUT2D eigenvalue weighted by atomic mass is 35.5. The molecule has 1 aliphatic heterocycles. The number of likely N-dealkylation sites (tertiary alicyclic amines) is 1. The molecule has 2 amide bonds. The number of amides is 2. The highest BCUT2D eigenvalue weighted by Crippen LogP contribution is 2.20. The third-order valence-corrected chi connectivity index (χ3v) is 4.33. The van der Waals surface area contributed by atoms with E-state index in [9.17, 15) is 14.4 Å². The fourth-order valence-corrected chi connectivity index (χ4v) is 3.13. The van der Waals surface area contributed by atoms with Crippen molar-refractivity contribution in [1.82, 2.24) is 10.2 Å². The molecule has 7 heteroatoms. The molecule has 25 heavy (non-hydrogen) atoms. The number of piperidine rings is 1. The molecule has 1 aromatic carbocycles. The van der Waals surface area contributed by atoms with Crippen LogP contribution in [0.15, 0.2) is 24.3 Å². The normalized spacial score (nSPS) is 20.0. The zero-order valence-corrected chi connectivity index (χ0v) is 15.2. The molecule has 1 fully saturated rings. The van der Waals surface area contributed by atoms with Crippen LogP contribution in [0.1, 0.15) is 30.6 Å². The second-order valence-electron chi connectivity index (χ2n) is 6.60. The van der Waals surface area contributed by atoms with Crippen molar-refractivity contribution in [3.05, 3.63) is 34.9 Å². The van der Waals surface area contributed by atoms with Crippen molar-refractivity contribution in [3.8, 4) is 0 Å². The van der Waals surface area contributed by atoms with Gasteiger partial charge in [-0.2, -0.15) is 0 Å². The molecule has 0 radical (unpaired) electrons. The van der Waals surface area contributed by atoms with Crippen LogP contribution in [0.5, 0.6) is 0 Å². The summed E-state index contributed by atoms with van der Waals surface area (Å²) >= 11 is 5.76. The third-order valence-electron chi connectivity index (χ3n) is 4.08. The van der Waals surface area contributed by atoms with Crippen molar-refractivity contribution < 1.29 is 19.1 Å². The minimum Gasteiger partial charge on any atom is -0.454 e. The molecule has 1 N–H and O–H groups in total. The summed E-state index contributed by atoms with van der Waals surface area (Å²) in [5.74, 6) is -0.354. The number of esters is 1. The predicted molar refractivity (Wildman–Crippen MR) is 94.3 cm³/mol. The molecule has 136 valence electrons. The third kappa shape index (κ3) is 6.05. The molecular formula is C18H23ClN2O4. The Morgan fingerprint density at radius 3 is 2.36 bits per heavy atom. The number of halogens is 1. The Bertz CT molecular complexity index is 622. The van der Waals surface area contributed by atoms with Gasteiger partial charge in [-0.15, -0.1) is 0 Å². The van der Waals surface area contributed by atoms with Crippen molar-refractivity contribution in [1.29, 1.82) is 0 Å². The summed E-state index contributed by atoms with van der Waals surface area (Å²) in [6.45, 7) is 5.00. The minimum absolute atomic E-state index is 0.198. The molecule has 1 saturated heterocycles. The van der Waals surface area contributed by atoms with Crippen molar-refractivity contribution in [2.75, 3.05) is 26.2 Å². The Labute approximate surface area is 152 Å². The predicted octanol–water partition coefficient (Wildman–Crippen LogP) is 2.12. The van der Waals surface area contributed by atoms with Crippen LogP contribution in [0.2, 0.25) is 5.02 Å².